The number of benzene rings is 1. The fourth-order valence-electron chi connectivity index (χ4n) is 4.09. The van der Waals surface area contributed by atoms with E-state index in [1.54, 1.807) is 13.4 Å². The predicted molar refractivity (Wildman–Crippen MR) is 121 cm³/mol. The Labute approximate surface area is 185 Å². The summed E-state index contributed by atoms with van der Waals surface area (Å²) in [6.07, 6.45) is 10.6. The number of hydrogen-bond acceptors (Lipinski definition) is 8. The van der Waals surface area contributed by atoms with Crippen LogP contribution < -0.4 is 9.46 Å². The number of rotatable bonds is 5. The molecule has 1 aromatic carbocycles. The number of aromatic nitrogens is 5. The SMILES string of the molecule is COc1cc(-c2cn(C[C@H]3NSN=C4CCCCCN43)nn2)ccc1-n1cnc(C)c1. The molecule has 162 valence electrons. The summed E-state index contributed by atoms with van der Waals surface area (Å²) >= 11 is 1.44. The lowest BCUT2D eigenvalue weighted by molar-refractivity contribution is 0.257. The Balaban J connectivity index is 1.35. The number of hydrogen-bond donors (Lipinski definition) is 1. The van der Waals surface area contributed by atoms with E-state index in [0.717, 1.165) is 41.4 Å². The van der Waals surface area contributed by atoms with Crippen molar-refractivity contribution in [1.82, 2.24) is 34.2 Å². The van der Waals surface area contributed by atoms with Crippen LogP contribution in [0.1, 0.15) is 31.4 Å². The Hall–Kier alpha value is -2.85. The molecular weight excluding hydrogens is 412 g/mol. The molecule has 1 atom stereocenters. The van der Waals surface area contributed by atoms with Crippen molar-refractivity contribution in [2.45, 2.75) is 45.3 Å². The van der Waals surface area contributed by atoms with Crippen LogP contribution in [-0.4, -0.2) is 55.1 Å². The molecule has 0 radical (unpaired) electrons. The Bertz CT molecular complexity index is 1090. The van der Waals surface area contributed by atoms with E-state index in [9.17, 15) is 0 Å². The van der Waals surface area contributed by atoms with Crippen molar-refractivity contribution in [3.8, 4) is 22.7 Å². The van der Waals surface area contributed by atoms with Gasteiger partial charge in [-0.2, -0.15) is 4.40 Å². The molecule has 10 heteroatoms. The molecule has 0 saturated carbocycles. The van der Waals surface area contributed by atoms with E-state index in [2.05, 4.69) is 29.3 Å². The predicted octanol–water partition coefficient (Wildman–Crippen LogP) is 3.21. The fourth-order valence-corrected chi connectivity index (χ4v) is 4.77. The normalized spacial score (nSPS) is 19.0. The van der Waals surface area contributed by atoms with Gasteiger partial charge in [-0.15, -0.1) is 5.10 Å². The second-order valence-corrected chi connectivity index (χ2v) is 8.47. The van der Waals surface area contributed by atoms with Crippen LogP contribution in [-0.2, 0) is 6.54 Å². The minimum absolute atomic E-state index is 0.159. The summed E-state index contributed by atoms with van der Waals surface area (Å²) in [6.45, 7) is 3.71. The molecule has 9 nitrogen and oxygen atoms in total. The molecule has 4 heterocycles. The van der Waals surface area contributed by atoms with Crippen LogP contribution >= 0.6 is 12.1 Å². The monoisotopic (exact) mass is 438 g/mol. The molecule has 0 aliphatic carbocycles. The number of nitrogens with zero attached hydrogens (tertiary/aromatic N) is 7. The first-order valence-corrected chi connectivity index (χ1v) is 11.3. The van der Waals surface area contributed by atoms with E-state index in [1.165, 1.54) is 37.2 Å². The number of aryl methyl sites for hydroxylation is 1. The van der Waals surface area contributed by atoms with Gasteiger partial charge in [-0.05, 0) is 31.9 Å². The fraction of sp³-hybridized carbons (Fsp3) is 0.429. The van der Waals surface area contributed by atoms with Crippen LogP contribution in [0.2, 0.25) is 0 Å². The molecule has 3 aromatic rings. The number of amidine groups is 1. The van der Waals surface area contributed by atoms with Crippen molar-refractivity contribution < 1.29 is 4.74 Å². The maximum atomic E-state index is 5.63. The quantitative estimate of drug-likeness (QED) is 0.612. The third-order valence-corrected chi connectivity index (χ3v) is 6.39. The van der Waals surface area contributed by atoms with Crippen molar-refractivity contribution in [3.63, 3.8) is 0 Å². The van der Waals surface area contributed by atoms with Gasteiger partial charge < -0.3 is 14.2 Å². The van der Waals surface area contributed by atoms with Gasteiger partial charge >= 0.3 is 0 Å². The van der Waals surface area contributed by atoms with Crippen LogP contribution in [0.3, 0.4) is 0 Å². The van der Waals surface area contributed by atoms with E-state index in [4.69, 9.17) is 4.74 Å². The highest BCUT2D eigenvalue weighted by Gasteiger charge is 2.27. The number of nitrogens with one attached hydrogen (secondary N) is 1. The van der Waals surface area contributed by atoms with Crippen LogP contribution in [0.5, 0.6) is 5.75 Å². The van der Waals surface area contributed by atoms with Crippen molar-refractivity contribution in [1.29, 1.82) is 0 Å². The summed E-state index contributed by atoms with van der Waals surface area (Å²) < 4.78 is 17.5. The average molecular weight is 439 g/mol. The van der Waals surface area contributed by atoms with E-state index >= 15 is 0 Å². The van der Waals surface area contributed by atoms with Crippen LogP contribution in [0.4, 0.5) is 0 Å². The molecular formula is C21H26N8OS. The van der Waals surface area contributed by atoms with E-state index in [0.29, 0.717) is 6.54 Å². The number of fused-ring (bicyclic) bond motifs is 1. The average Bonchev–Trinajstić information content (AvgIpc) is 3.36. The van der Waals surface area contributed by atoms with Crippen molar-refractivity contribution in [2.75, 3.05) is 13.7 Å². The third kappa shape index (κ3) is 4.17. The molecule has 1 N–H and O–H groups in total. The van der Waals surface area contributed by atoms with Gasteiger partial charge in [0.25, 0.3) is 0 Å². The lowest BCUT2D eigenvalue weighted by Crippen LogP contribution is -2.51. The molecule has 0 unspecified atom stereocenters. The number of ether oxygens (including phenoxy) is 1. The van der Waals surface area contributed by atoms with Gasteiger partial charge in [-0.3, -0.25) is 0 Å². The Morgan fingerprint density at radius 3 is 3.00 bits per heavy atom. The Morgan fingerprint density at radius 2 is 2.16 bits per heavy atom. The molecule has 5 rings (SSSR count). The molecule has 1 saturated heterocycles. The smallest absolute Gasteiger partial charge is 0.143 e. The van der Waals surface area contributed by atoms with Gasteiger partial charge in [0.05, 0.1) is 49.7 Å². The summed E-state index contributed by atoms with van der Waals surface area (Å²) in [7, 11) is 1.68. The minimum Gasteiger partial charge on any atom is -0.495 e. The summed E-state index contributed by atoms with van der Waals surface area (Å²) in [5.41, 5.74) is 3.68. The zero-order valence-electron chi connectivity index (χ0n) is 17.7. The molecule has 2 aliphatic rings. The maximum absolute atomic E-state index is 5.63. The van der Waals surface area contributed by atoms with Gasteiger partial charge in [-0.1, -0.05) is 17.7 Å². The molecule has 0 amide bonds. The first kappa shape index (κ1) is 20.1. The van der Waals surface area contributed by atoms with Crippen LogP contribution in [0.15, 0.2) is 41.3 Å². The van der Waals surface area contributed by atoms with Crippen molar-refractivity contribution in [3.05, 3.63) is 42.6 Å². The highest BCUT2D eigenvalue weighted by Crippen LogP contribution is 2.29. The second kappa shape index (κ2) is 8.72. The molecule has 2 aliphatic heterocycles. The van der Waals surface area contributed by atoms with Gasteiger partial charge in [0.15, 0.2) is 0 Å². The standard InChI is InChI=1S/C21H26N8OS/c1-15-11-27(14-22-15)18-8-7-16(10-19(18)30-2)17-12-28(26-23-17)13-21-25-31-24-20-6-4-3-5-9-29(20)21/h7-8,10-12,14,21,25H,3-6,9,13H2,1-2H3/t21-/m0/s1. The van der Waals surface area contributed by atoms with E-state index < -0.39 is 0 Å². The molecule has 0 spiro atoms. The van der Waals surface area contributed by atoms with Crippen LogP contribution in [0, 0.1) is 6.92 Å². The molecule has 0 bridgehead atoms. The highest BCUT2D eigenvalue weighted by atomic mass is 32.2. The summed E-state index contributed by atoms with van der Waals surface area (Å²) in [5.74, 6) is 1.96. The summed E-state index contributed by atoms with van der Waals surface area (Å²) in [4.78, 5) is 6.69. The zero-order valence-corrected chi connectivity index (χ0v) is 18.5. The van der Waals surface area contributed by atoms with Gasteiger partial charge in [-0.25, -0.2) is 14.4 Å². The van der Waals surface area contributed by atoms with Crippen molar-refractivity contribution in [2.24, 2.45) is 4.40 Å². The number of imidazole rings is 1. The summed E-state index contributed by atoms with van der Waals surface area (Å²) in [5, 5.41) is 8.79. The van der Waals surface area contributed by atoms with Gasteiger partial charge in [0.1, 0.15) is 23.4 Å². The first-order chi connectivity index (χ1) is 15.2. The maximum Gasteiger partial charge on any atom is 0.143 e. The van der Waals surface area contributed by atoms with E-state index in [-0.39, 0.29) is 6.17 Å². The van der Waals surface area contributed by atoms with Gasteiger partial charge in [0, 0.05) is 24.7 Å². The van der Waals surface area contributed by atoms with Crippen LogP contribution in [0.25, 0.3) is 16.9 Å². The highest BCUT2D eigenvalue weighted by molar-refractivity contribution is 7.96. The Morgan fingerprint density at radius 1 is 1.23 bits per heavy atom. The largest absolute Gasteiger partial charge is 0.495 e. The van der Waals surface area contributed by atoms with Crippen molar-refractivity contribution >= 4 is 18.0 Å². The number of methoxy groups -OCH3 is 1. The third-order valence-electron chi connectivity index (χ3n) is 5.71. The Kier molecular flexibility index (Phi) is 5.65. The molecule has 2 aromatic heterocycles. The topological polar surface area (TPSA) is 85.4 Å². The first-order valence-electron chi connectivity index (χ1n) is 10.6. The van der Waals surface area contributed by atoms with E-state index in [1.807, 2.05) is 46.8 Å². The zero-order chi connectivity index (χ0) is 21.2. The lowest BCUT2D eigenvalue weighted by Gasteiger charge is -2.35. The van der Waals surface area contributed by atoms with Gasteiger partial charge in [0.2, 0.25) is 0 Å². The molecule has 1 fully saturated rings. The summed E-state index contributed by atoms with van der Waals surface area (Å²) in [6, 6.07) is 6.05. The molecule has 31 heavy (non-hydrogen) atoms. The lowest BCUT2D eigenvalue weighted by atomic mass is 10.1. The minimum atomic E-state index is 0.159. The second-order valence-electron chi connectivity index (χ2n) is 7.87.